The van der Waals surface area contributed by atoms with Gasteiger partial charge in [-0.1, -0.05) is 24.3 Å². The highest BCUT2D eigenvalue weighted by atomic mass is 16.5. The second-order valence-corrected chi connectivity index (χ2v) is 6.27. The summed E-state index contributed by atoms with van der Waals surface area (Å²) >= 11 is 0. The molecule has 134 valence electrons. The lowest BCUT2D eigenvalue weighted by Gasteiger charge is -2.14. The number of nitrogens with one attached hydrogen (secondary N) is 1. The Labute approximate surface area is 153 Å². The second-order valence-electron chi connectivity index (χ2n) is 6.27. The minimum absolute atomic E-state index is 0.00512. The maximum Gasteiger partial charge on any atom is 0.224 e. The lowest BCUT2D eigenvalue weighted by molar-refractivity contribution is -0.119. The number of nitrogens with zero attached hydrogens (tertiary/aromatic N) is 2. The SMILES string of the molecule is CNC(=O)Cc1ccc(-c2ccc(OC)cc2-n2nc(C)cc2C)cc1. The van der Waals surface area contributed by atoms with Crippen LogP contribution in [-0.2, 0) is 11.2 Å². The van der Waals surface area contributed by atoms with Crippen molar-refractivity contribution in [3.63, 3.8) is 0 Å². The number of hydrogen-bond acceptors (Lipinski definition) is 3. The maximum absolute atomic E-state index is 11.5. The van der Waals surface area contributed by atoms with Crippen LogP contribution in [0.1, 0.15) is 17.0 Å². The molecule has 0 spiro atoms. The topological polar surface area (TPSA) is 56.1 Å². The summed E-state index contributed by atoms with van der Waals surface area (Å²) in [6.45, 7) is 4.02. The molecule has 26 heavy (non-hydrogen) atoms. The largest absolute Gasteiger partial charge is 0.497 e. The van der Waals surface area contributed by atoms with Crippen LogP contribution >= 0.6 is 0 Å². The minimum atomic E-state index is 0.00512. The van der Waals surface area contributed by atoms with Gasteiger partial charge in [-0.2, -0.15) is 5.10 Å². The molecule has 1 N–H and O–H groups in total. The summed E-state index contributed by atoms with van der Waals surface area (Å²) in [7, 11) is 3.31. The highest BCUT2D eigenvalue weighted by molar-refractivity contribution is 5.79. The summed E-state index contributed by atoms with van der Waals surface area (Å²) in [4.78, 5) is 11.5. The van der Waals surface area contributed by atoms with Gasteiger partial charge in [0.15, 0.2) is 0 Å². The molecule has 0 saturated carbocycles. The third-order valence-electron chi connectivity index (χ3n) is 4.35. The Bertz CT molecular complexity index is 927. The summed E-state index contributed by atoms with van der Waals surface area (Å²) in [5.41, 5.74) is 6.10. The van der Waals surface area contributed by atoms with Crippen LogP contribution in [0.3, 0.4) is 0 Å². The van der Waals surface area contributed by atoms with Crippen LogP contribution < -0.4 is 10.1 Å². The quantitative estimate of drug-likeness (QED) is 0.767. The molecule has 0 saturated heterocycles. The first-order valence-corrected chi connectivity index (χ1v) is 8.53. The molecule has 1 heterocycles. The van der Waals surface area contributed by atoms with Crippen LogP contribution in [0.2, 0.25) is 0 Å². The van der Waals surface area contributed by atoms with Gasteiger partial charge in [-0.25, -0.2) is 4.68 Å². The number of amides is 1. The third-order valence-corrected chi connectivity index (χ3v) is 4.35. The molecule has 0 fully saturated rings. The molecule has 0 aliphatic heterocycles. The average molecular weight is 349 g/mol. The molecule has 0 aliphatic rings. The number of carbonyl (C=O) groups is 1. The van der Waals surface area contributed by atoms with Crippen LogP contribution in [0, 0.1) is 13.8 Å². The summed E-state index contributed by atoms with van der Waals surface area (Å²) in [5.74, 6) is 0.790. The van der Waals surface area contributed by atoms with Crippen molar-refractivity contribution in [2.45, 2.75) is 20.3 Å². The molecule has 1 aromatic heterocycles. The van der Waals surface area contributed by atoms with Crippen molar-refractivity contribution in [2.75, 3.05) is 14.2 Å². The number of aryl methyl sites for hydroxylation is 2. The summed E-state index contributed by atoms with van der Waals surface area (Å²) < 4.78 is 7.34. The number of hydrogen-bond donors (Lipinski definition) is 1. The summed E-state index contributed by atoms with van der Waals surface area (Å²) in [6, 6.07) is 16.1. The number of rotatable bonds is 5. The van der Waals surface area contributed by atoms with E-state index in [1.165, 1.54) is 0 Å². The smallest absolute Gasteiger partial charge is 0.224 e. The molecule has 5 nitrogen and oxygen atoms in total. The van der Waals surface area contributed by atoms with Gasteiger partial charge in [0.05, 0.1) is 24.9 Å². The molecule has 0 aliphatic carbocycles. The summed E-state index contributed by atoms with van der Waals surface area (Å²) in [5, 5.41) is 7.27. The van der Waals surface area contributed by atoms with E-state index in [4.69, 9.17) is 4.74 Å². The molecule has 0 unspecified atom stereocenters. The predicted octanol–water partition coefficient (Wildman–Crippen LogP) is 3.45. The zero-order valence-corrected chi connectivity index (χ0v) is 15.5. The van der Waals surface area contributed by atoms with Crippen molar-refractivity contribution in [1.29, 1.82) is 0 Å². The number of likely N-dealkylation sites (N-methyl/N-ethyl adjacent to an activating group) is 1. The molecule has 0 bridgehead atoms. The van der Waals surface area contributed by atoms with E-state index in [1.54, 1.807) is 14.2 Å². The zero-order valence-electron chi connectivity index (χ0n) is 15.5. The molecular formula is C21H23N3O2. The molecule has 3 aromatic rings. The van der Waals surface area contributed by atoms with E-state index in [0.717, 1.165) is 39.5 Å². The van der Waals surface area contributed by atoms with Crippen molar-refractivity contribution < 1.29 is 9.53 Å². The van der Waals surface area contributed by atoms with Crippen LogP contribution in [-0.4, -0.2) is 29.8 Å². The van der Waals surface area contributed by atoms with Crippen molar-refractivity contribution in [1.82, 2.24) is 15.1 Å². The highest BCUT2D eigenvalue weighted by Gasteiger charge is 2.13. The van der Waals surface area contributed by atoms with Gasteiger partial charge in [0.25, 0.3) is 0 Å². The standard InChI is InChI=1S/C21H23N3O2/c1-14-11-15(2)24(23-14)20-13-18(26-4)9-10-19(20)17-7-5-16(6-8-17)12-21(25)22-3/h5-11,13H,12H2,1-4H3,(H,22,25). The van der Waals surface area contributed by atoms with Crippen LogP contribution in [0.25, 0.3) is 16.8 Å². The minimum Gasteiger partial charge on any atom is -0.497 e. The van der Waals surface area contributed by atoms with Gasteiger partial charge in [-0.3, -0.25) is 4.79 Å². The Morgan fingerprint density at radius 2 is 1.85 bits per heavy atom. The van der Waals surface area contributed by atoms with Gasteiger partial charge in [-0.05, 0) is 43.2 Å². The first-order chi connectivity index (χ1) is 12.5. The lowest BCUT2D eigenvalue weighted by Crippen LogP contribution is -2.19. The van der Waals surface area contributed by atoms with Crippen molar-refractivity contribution in [3.8, 4) is 22.6 Å². The number of methoxy groups -OCH3 is 1. The molecular weight excluding hydrogens is 326 g/mol. The maximum atomic E-state index is 11.5. The van der Waals surface area contributed by atoms with Gasteiger partial charge < -0.3 is 10.1 Å². The van der Waals surface area contributed by atoms with E-state index in [1.807, 2.05) is 61.0 Å². The molecule has 3 rings (SSSR count). The Hall–Kier alpha value is -3.08. The Kier molecular flexibility index (Phi) is 5.07. The zero-order chi connectivity index (χ0) is 18.7. The van der Waals surface area contributed by atoms with Crippen molar-refractivity contribution in [3.05, 3.63) is 65.5 Å². The Balaban J connectivity index is 2.04. The second kappa shape index (κ2) is 7.44. The van der Waals surface area contributed by atoms with E-state index in [-0.39, 0.29) is 5.91 Å². The highest BCUT2D eigenvalue weighted by Crippen LogP contribution is 2.31. The molecule has 0 radical (unpaired) electrons. The fourth-order valence-electron chi connectivity index (χ4n) is 3.01. The first kappa shape index (κ1) is 17.7. The van der Waals surface area contributed by atoms with E-state index in [2.05, 4.69) is 16.5 Å². The van der Waals surface area contributed by atoms with Crippen LogP contribution in [0.5, 0.6) is 5.75 Å². The molecule has 1 amide bonds. The van der Waals surface area contributed by atoms with Gasteiger partial charge in [-0.15, -0.1) is 0 Å². The Morgan fingerprint density at radius 3 is 2.42 bits per heavy atom. The van der Waals surface area contributed by atoms with E-state index in [0.29, 0.717) is 6.42 Å². The fourth-order valence-corrected chi connectivity index (χ4v) is 3.01. The predicted molar refractivity (Wildman–Crippen MR) is 103 cm³/mol. The summed E-state index contributed by atoms with van der Waals surface area (Å²) in [6.07, 6.45) is 0.379. The molecule has 2 aromatic carbocycles. The molecule has 5 heteroatoms. The van der Waals surface area contributed by atoms with Gasteiger partial charge in [0.1, 0.15) is 5.75 Å². The monoisotopic (exact) mass is 349 g/mol. The van der Waals surface area contributed by atoms with Crippen LogP contribution in [0.4, 0.5) is 0 Å². The number of aromatic nitrogens is 2. The number of benzene rings is 2. The lowest BCUT2D eigenvalue weighted by atomic mass is 10.0. The van der Waals surface area contributed by atoms with Gasteiger partial charge in [0, 0.05) is 24.4 Å². The normalized spacial score (nSPS) is 10.6. The first-order valence-electron chi connectivity index (χ1n) is 8.53. The Morgan fingerprint density at radius 1 is 1.12 bits per heavy atom. The number of ether oxygens (including phenoxy) is 1. The van der Waals surface area contributed by atoms with E-state index < -0.39 is 0 Å². The molecule has 0 atom stereocenters. The van der Waals surface area contributed by atoms with Gasteiger partial charge >= 0.3 is 0 Å². The van der Waals surface area contributed by atoms with Gasteiger partial charge in [0.2, 0.25) is 5.91 Å². The average Bonchev–Trinajstić information content (AvgIpc) is 2.99. The number of carbonyl (C=O) groups excluding carboxylic acids is 1. The van der Waals surface area contributed by atoms with Crippen molar-refractivity contribution in [2.24, 2.45) is 0 Å². The fraction of sp³-hybridized carbons (Fsp3) is 0.238. The van der Waals surface area contributed by atoms with E-state index >= 15 is 0 Å². The van der Waals surface area contributed by atoms with E-state index in [9.17, 15) is 4.79 Å². The third kappa shape index (κ3) is 3.61. The van der Waals surface area contributed by atoms with Crippen LogP contribution in [0.15, 0.2) is 48.5 Å². The van der Waals surface area contributed by atoms with Crippen molar-refractivity contribution >= 4 is 5.91 Å².